The van der Waals surface area contributed by atoms with Crippen LogP contribution in [0.5, 0.6) is 0 Å². The van der Waals surface area contributed by atoms with Crippen molar-refractivity contribution in [1.29, 1.82) is 0 Å². The molecule has 2 fully saturated rings. The van der Waals surface area contributed by atoms with Crippen molar-refractivity contribution >= 4 is 0 Å². The first-order valence-electron chi connectivity index (χ1n) is 6.51. The van der Waals surface area contributed by atoms with Crippen molar-refractivity contribution in [3.8, 4) is 0 Å². The lowest BCUT2D eigenvalue weighted by Gasteiger charge is -2.31. The molecule has 0 radical (unpaired) electrons. The van der Waals surface area contributed by atoms with Gasteiger partial charge < -0.3 is 5.11 Å². The normalized spacial score (nSPS) is 48.2. The Balaban J connectivity index is 1.92. The Kier molecular flexibility index (Phi) is 2.65. The molecule has 0 aromatic rings. The Hall–Kier alpha value is -0.0400. The van der Waals surface area contributed by atoms with Gasteiger partial charge in [0.15, 0.2) is 0 Å². The summed E-state index contributed by atoms with van der Waals surface area (Å²) in [4.78, 5) is 0. The monoisotopic (exact) mass is 210 g/mol. The summed E-state index contributed by atoms with van der Waals surface area (Å²) in [5, 5.41) is 9.29. The predicted octanol–water partition coefficient (Wildman–Crippen LogP) is 3.47. The number of hydrogen-bond acceptors (Lipinski definition) is 1. The Morgan fingerprint density at radius 3 is 2.20 bits per heavy atom. The summed E-state index contributed by atoms with van der Waals surface area (Å²) < 4.78 is 0. The fourth-order valence-corrected chi connectivity index (χ4v) is 3.43. The third kappa shape index (κ3) is 1.84. The quantitative estimate of drug-likeness (QED) is 0.756. The molecule has 2 aliphatic carbocycles. The Bertz CT molecular complexity index is 246. The molecular weight excluding hydrogens is 184 g/mol. The molecule has 1 nitrogen and oxygen atoms in total. The van der Waals surface area contributed by atoms with Gasteiger partial charge in [-0.3, -0.25) is 0 Å². The van der Waals surface area contributed by atoms with Crippen LogP contribution in [-0.2, 0) is 0 Å². The lowest BCUT2D eigenvalue weighted by atomic mass is 9.74. The van der Waals surface area contributed by atoms with Gasteiger partial charge in [-0.25, -0.2) is 0 Å². The molecule has 15 heavy (non-hydrogen) atoms. The summed E-state index contributed by atoms with van der Waals surface area (Å²) in [7, 11) is 0. The van der Waals surface area contributed by atoms with E-state index in [9.17, 15) is 5.11 Å². The van der Waals surface area contributed by atoms with E-state index >= 15 is 0 Å². The lowest BCUT2D eigenvalue weighted by molar-refractivity contribution is 0.162. The van der Waals surface area contributed by atoms with E-state index in [0.29, 0.717) is 12.0 Å². The largest absolute Gasteiger partial charge is 0.396 e. The van der Waals surface area contributed by atoms with Crippen molar-refractivity contribution in [2.45, 2.75) is 53.4 Å². The molecule has 0 amide bonds. The molecule has 0 aromatic heterocycles. The Morgan fingerprint density at radius 1 is 1.13 bits per heavy atom. The van der Waals surface area contributed by atoms with E-state index in [1.54, 1.807) is 0 Å². The molecule has 1 heteroatoms. The third-order valence-corrected chi connectivity index (χ3v) is 5.74. The van der Waals surface area contributed by atoms with Crippen LogP contribution in [0.2, 0.25) is 0 Å². The minimum absolute atomic E-state index is 0.280. The maximum absolute atomic E-state index is 9.29. The van der Waals surface area contributed by atoms with Gasteiger partial charge in [-0.2, -0.15) is 0 Å². The van der Waals surface area contributed by atoms with Crippen LogP contribution in [0.4, 0.5) is 0 Å². The summed E-state index contributed by atoms with van der Waals surface area (Å²) in [6.07, 6.45) is 5.42. The molecule has 2 unspecified atom stereocenters. The zero-order valence-corrected chi connectivity index (χ0v) is 10.7. The number of hydrogen-bond donors (Lipinski definition) is 1. The van der Waals surface area contributed by atoms with Gasteiger partial charge in [0.05, 0.1) is 0 Å². The molecule has 1 N–H and O–H groups in total. The van der Waals surface area contributed by atoms with Crippen LogP contribution in [0.1, 0.15) is 53.4 Å². The van der Waals surface area contributed by atoms with E-state index in [-0.39, 0.29) is 5.41 Å². The molecule has 0 aromatic carbocycles. The van der Waals surface area contributed by atoms with Gasteiger partial charge in [0, 0.05) is 6.61 Å². The molecular formula is C14H26O. The summed E-state index contributed by atoms with van der Waals surface area (Å²) in [5.41, 5.74) is 0.806. The van der Waals surface area contributed by atoms with Crippen molar-refractivity contribution in [3.05, 3.63) is 0 Å². The van der Waals surface area contributed by atoms with E-state index < -0.39 is 0 Å². The van der Waals surface area contributed by atoms with Crippen LogP contribution < -0.4 is 0 Å². The van der Waals surface area contributed by atoms with E-state index in [0.717, 1.165) is 17.8 Å². The summed E-state index contributed by atoms with van der Waals surface area (Å²) in [5.74, 6) is 2.57. The molecule has 88 valence electrons. The van der Waals surface area contributed by atoms with Crippen molar-refractivity contribution in [2.24, 2.45) is 28.6 Å². The molecule has 0 spiro atoms. The highest BCUT2D eigenvalue weighted by Gasteiger charge is 2.52. The third-order valence-electron chi connectivity index (χ3n) is 5.74. The molecule has 0 saturated heterocycles. The summed E-state index contributed by atoms with van der Waals surface area (Å²) >= 11 is 0. The molecule has 4 atom stereocenters. The zero-order chi connectivity index (χ0) is 11.3. The van der Waals surface area contributed by atoms with Gasteiger partial charge in [-0.15, -0.1) is 0 Å². The van der Waals surface area contributed by atoms with Crippen molar-refractivity contribution < 1.29 is 5.11 Å². The molecule has 0 bridgehead atoms. The second-order valence-electron chi connectivity index (χ2n) is 6.95. The molecule has 2 saturated carbocycles. The minimum Gasteiger partial charge on any atom is -0.396 e. The molecule has 2 aliphatic rings. The second kappa shape index (κ2) is 3.48. The predicted molar refractivity (Wildman–Crippen MR) is 63.6 cm³/mol. The first kappa shape index (κ1) is 11.4. The van der Waals surface area contributed by atoms with E-state index in [2.05, 4.69) is 27.7 Å². The standard InChI is InChI=1S/C14H26O/c1-10-5-6-11(13(10,2)3)7-12-8-14(12,4)9-15/h10-12,15H,5-9H2,1-4H3/t10-,11-,12?,14?/m1/s1. The lowest BCUT2D eigenvalue weighted by Crippen LogP contribution is -2.24. The highest BCUT2D eigenvalue weighted by atomic mass is 16.3. The summed E-state index contributed by atoms with van der Waals surface area (Å²) in [6, 6.07) is 0. The summed E-state index contributed by atoms with van der Waals surface area (Å²) in [6.45, 7) is 9.91. The van der Waals surface area contributed by atoms with E-state index in [1.807, 2.05) is 0 Å². The van der Waals surface area contributed by atoms with Gasteiger partial charge in [-0.1, -0.05) is 27.7 Å². The molecule has 2 rings (SSSR count). The number of aliphatic hydroxyl groups excluding tert-OH is 1. The zero-order valence-electron chi connectivity index (χ0n) is 10.7. The minimum atomic E-state index is 0.280. The second-order valence-corrected chi connectivity index (χ2v) is 6.95. The average molecular weight is 210 g/mol. The maximum Gasteiger partial charge on any atom is 0.0487 e. The van der Waals surface area contributed by atoms with Gasteiger partial charge in [0.25, 0.3) is 0 Å². The van der Waals surface area contributed by atoms with Crippen molar-refractivity contribution in [1.82, 2.24) is 0 Å². The number of rotatable bonds is 3. The average Bonchev–Trinajstić information content (AvgIpc) is 2.76. The molecule has 0 aliphatic heterocycles. The number of aliphatic hydroxyl groups is 1. The van der Waals surface area contributed by atoms with Gasteiger partial charge >= 0.3 is 0 Å². The Morgan fingerprint density at radius 2 is 1.80 bits per heavy atom. The topological polar surface area (TPSA) is 20.2 Å². The highest BCUT2D eigenvalue weighted by Crippen LogP contribution is 2.59. The van der Waals surface area contributed by atoms with Crippen LogP contribution in [0, 0.1) is 28.6 Å². The highest BCUT2D eigenvalue weighted by molar-refractivity contribution is 5.02. The van der Waals surface area contributed by atoms with Crippen LogP contribution in [0.25, 0.3) is 0 Å². The van der Waals surface area contributed by atoms with Gasteiger partial charge in [0.1, 0.15) is 0 Å². The molecule has 0 heterocycles. The first-order valence-corrected chi connectivity index (χ1v) is 6.51. The van der Waals surface area contributed by atoms with Crippen molar-refractivity contribution in [3.63, 3.8) is 0 Å². The smallest absolute Gasteiger partial charge is 0.0487 e. The van der Waals surface area contributed by atoms with Crippen LogP contribution in [0.3, 0.4) is 0 Å². The first-order chi connectivity index (χ1) is 6.90. The SMILES string of the molecule is C[C@@H]1CC[C@H](CC2CC2(C)CO)C1(C)C. The maximum atomic E-state index is 9.29. The van der Waals surface area contributed by atoms with E-state index in [4.69, 9.17) is 0 Å². The van der Waals surface area contributed by atoms with Gasteiger partial charge in [0.2, 0.25) is 0 Å². The van der Waals surface area contributed by atoms with Crippen LogP contribution in [0.15, 0.2) is 0 Å². The van der Waals surface area contributed by atoms with Crippen LogP contribution >= 0.6 is 0 Å². The van der Waals surface area contributed by atoms with Crippen molar-refractivity contribution in [2.75, 3.05) is 6.61 Å². The fraction of sp³-hybridized carbons (Fsp3) is 1.00. The fourth-order valence-electron chi connectivity index (χ4n) is 3.43. The van der Waals surface area contributed by atoms with E-state index in [1.165, 1.54) is 25.7 Å². The van der Waals surface area contributed by atoms with Gasteiger partial charge in [-0.05, 0) is 54.3 Å². The Labute approximate surface area is 94.3 Å². The van der Waals surface area contributed by atoms with Crippen LogP contribution in [-0.4, -0.2) is 11.7 Å².